The van der Waals surface area contributed by atoms with Crippen LogP contribution in [0.1, 0.15) is 16.2 Å². The minimum Gasteiger partial charge on any atom is -0.488 e. The molecule has 0 saturated heterocycles. The number of hydrogen-bond donors (Lipinski definition) is 1. The van der Waals surface area contributed by atoms with Crippen LogP contribution >= 0.6 is 0 Å². The van der Waals surface area contributed by atoms with E-state index in [1.807, 2.05) is 35.1 Å². The van der Waals surface area contributed by atoms with Crippen LogP contribution in [0.25, 0.3) is 0 Å². The van der Waals surface area contributed by atoms with Crippen molar-refractivity contribution in [2.24, 2.45) is 0 Å². The summed E-state index contributed by atoms with van der Waals surface area (Å²) in [5.74, 6) is 0.628. The zero-order valence-corrected chi connectivity index (χ0v) is 13.6. The highest BCUT2D eigenvalue weighted by Crippen LogP contribution is 2.21. The summed E-state index contributed by atoms with van der Waals surface area (Å²) in [5.41, 5.74) is 1.45. The fourth-order valence-corrected chi connectivity index (χ4v) is 2.87. The number of rotatable bonds is 6. The molecular formula is C17H18N6O2. The molecule has 8 heteroatoms. The van der Waals surface area contributed by atoms with E-state index in [4.69, 9.17) is 4.74 Å². The Morgan fingerprint density at radius 2 is 2.20 bits per heavy atom. The number of hydrogen-bond acceptors (Lipinski definition) is 5. The van der Waals surface area contributed by atoms with E-state index in [1.165, 1.54) is 0 Å². The molecule has 0 aliphatic carbocycles. The largest absolute Gasteiger partial charge is 0.488 e. The van der Waals surface area contributed by atoms with Crippen molar-refractivity contribution >= 4 is 5.91 Å². The van der Waals surface area contributed by atoms with Crippen LogP contribution in [-0.4, -0.2) is 43.1 Å². The van der Waals surface area contributed by atoms with Crippen molar-refractivity contribution in [3.05, 3.63) is 60.4 Å². The van der Waals surface area contributed by atoms with Gasteiger partial charge in [0.05, 0.1) is 13.1 Å². The summed E-state index contributed by atoms with van der Waals surface area (Å²) in [6.45, 7) is 1.78. The average molecular weight is 338 g/mol. The lowest BCUT2D eigenvalue weighted by molar-refractivity contribution is 0.0945. The third-order valence-electron chi connectivity index (χ3n) is 4.05. The van der Waals surface area contributed by atoms with E-state index < -0.39 is 0 Å². The Hall–Kier alpha value is -3.16. The minimum atomic E-state index is -0.166. The maximum Gasteiger partial charge on any atom is 0.271 e. The first-order valence-electron chi connectivity index (χ1n) is 8.17. The maximum absolute atomic E-state index is 12.2. The second-order valence-corrected chi connectivity index (χ2v) is 5.85. The van der Waals surface area contributed by atoms with Crippen LogP contribution in [0.2, 0.25) is 0 Å². The average Bonchev–Trinajstić information content (AvgIpc) is 3.32. The molecule has 128 valence electrons. The molecule has 8 nitrogen and oxygen atoms in total. The molecule has 4 heterocycles. The number of carbonyl (C=O) groups is 1. The van der Waals surface area contributed by atoms with E-state index in [2.05, 4.69) is 20.5 Å². The number of nitrogens with one attached hydrogen (secondary N) is 1. The molecule has 0 unspecified atom stereocenters. The molecule has 0 radical (unpaired) electrons. The number of fused-ring (bicyclic) bond motifs is 1. The molecule has 0 spiro atoms. The summed E-state index contributed by atoms with van der Waals surface area (Å²) in [7, 11) is 0. The van der Waals surface area contributed by atoms with Crippen LogP contribution < -0.4 is 10.1 Å². The van der Waals surface area contributed by atoms with Gasteiger partial charge in [0.1, 0.15) is 17.5 Å². The smallest absolute Gasteiger partial charge is 0.271 e. The Balaban J connectivity index is 1.30. The fraction of sp³-hybridized carbons (Fsp3) is 0.294. The first kappa shape index (κ1) is 15.4. The lowest BCUT2D eigenvalue weighted by Gasteiger charge is -2.12. The molecule has 1 aliphatic rings. The van der Waals surface area contributed by atoms with Crippen molar-refractivity contribution in [3.8, 4) is 5.75 Å². The van der Waals surface area contributed by atoms with Gasteiger partial charge in [0.25, 0.3) is 5.91 Å². The summed E-state index contributed by atoms with van der Waals surface area (Å²) >= 11 is 0. The number of aromatic nitrogens is 5. The van der Waals surface area contributed by atoms with E-state index in [0.29, 0.717) is 25.3 Å². The van der Waals surface area contributed by atoms with Gasteiger partial charge in [0.2, 0.25) is 0 Å². The molecule has 1 N–H and O–H groups in total. The molecule has 1 atom stereocenters. The number of pyridine rings is 1. The van der Waals surface area contributed by atoms with Gasteiger partial charge in [0, 0.05) is 43.4 Å². The van der Waals surface area contributed by atoms with E-state index in [1.54, 1.807) is 23.3 Å². The fourth-order valence-electron chi connectivity index (χ4n) is 2.87. The Morgan fingerprint density at radius 1 is 1.32 bits per heavy atom. The van der Waals surface area contributed by atoms with Gasteiger partial charge in [-0.3, -0.25) is 19.1 Å². The van der Waals surface area contributed by atoms with E-state index in [0.717, 1.165) is 17.9 Å². The van der Waals surface area contributed by atoms with Gasteiger partial charge in [-0.15, -0.1) is 0 Å². The second-order valence-electron chi connectivity index (χ2n) is 5.85. The number of carbonyl (C=O) groups excluding carboxylic acids is 1. The Kier molecular flexibility index (Phi) is 4.16. The van der Waals surface area contributed by atoms with Gasteiger partial charge in [-0.25, -0.2) is 0 Å². The summed E-state index contributed by atoms with van der Waals surface area (Å²) in [4.78, 5) is 16.2. The SMILES string of the molecule is O=C(NCCn1cccn1)c1cc2n(n1)C[C@@H](Oc1ccncc1)C2. The van der Waals surface area contributed by atoms with E-state index in [9.17, 15) is 4.79 Å². The molecule has 25 heavy (non-hydrogen) atoms. The number of nitrogens with zero attached hydrogens (tertiary/aromatic N) is 5. The van der Waals surface area contributed by atoms with Gasteiger partial charge >= 0.3 is 0 Å². The summed E-state index contributed by atoms with van der Waals surface area (Å²) in [5, 5.41) is 11.3. The molecule has 1 aliphatic heterocycles. The summed E-state index contributed by atoms with van der Waals surface area (Å²) in [6.07, 6.45) is 7.74. The number of amides is 1. The molecular weight excluding hydrogens is 320 g/mol. The first-order chi connectivity index (χ1) is 12.3. The van der Waals surface area contributed by atoms with Crippen molar-refractivity contribution in [1.82, 2.24) is 29.9 Å². The maximum atomic E-state index is 12.2. The van der Waals surface area contributed by atoms with E-state index in [-0.39, 0.29) is 12.0 Å². The van der Waals surface area contributed by atoms with Gasteiger partial charge < -0.3 is 10.1 Å². The van der Waals surface area contributed by atoms with Crippen molar-refractivity contribution in [1.29, 1.82) is 0 Å². The van der Waals surface area contributed by atoms with Crippen molar-refractivity contribution in [2.75, 3.05) is 6.54 Å². The molecule has 0 bridgehead atoms. The number of ether oxygens (including phenoxy) is 1. The van der Waals surface area contributed by atoms with Gasteiger partial charge in [0.15, 0.2) is 0 Å². The Labute approximate surface area is 144 Å². The molecule has 3 aromatic heterocycles. The second kappa shape index (κ2) is 6.76. The standard InChI is InChI=1S/C17H18N6O2/c24-17(19-7-9-22-8-1-4-20-22)16-11-13-10-15(12-23(13)21-16)25-14-2-5-18-6-3-14/h1-6,8,11,15H,7,9-10,12H2,(H,19,24)/t15-/m0/s1. The Morgan fingerprint density at radius 3 is 2.96 bits per heavy atom. The van der Waals surface area contributed by atoms with Crippen LogP contribution in [0.3, 0.4) is 0 Å². The lowest BCUT2D eigenvalue weighted by atomic mass is 10.2. The molecule has 0 aromatic carbocycles. The lowest BCUT2D eigenvalue weighted by Crippen LogP contribution is -2.28. The van der Waals surface area contributed by atoms with E-state index >= 15 is 0 Å². The van der Waals surface area contributed by atoms with Crippen molar-refractivity contribution < 1.29 is 9.53 Å². The molecule has 4 rings (SSSR count). The molecule has 1 amide bonds. The third kappa shape index (κ3) is 3.52. The van der Waals surface area contributed by atoms with Crippen molar-refractivity contribution in [2.45, 2.75) is 25.6 Å². The predicted octanol–water partition coefficient (Wildman–Crippen LogP) is 0.908. The van der Waals surface area contributed by atoms with Crippen LogP contribution in [0, 0.1) is 0 Å². The normalized spacial score (nSPS) is 15.8. The van der Waals surface area contributed by atoms with Crippen LogP contribution in [-0.2, 0) is 19.5 Å². The van der Waals surface area contributed by atoms with Gasteiger partial charge in [-0.1, -0.05) is 0 Å². The topological polar surface area (TPSA) is 86.9 Å². The summed E-state index contributed by atoms with van der Waals surface area (Å²) in [6, 6.07) is 7.35. The predicted molar refractivity (Wildman–Crippen MR) is 89.1 cm³/mol. The highest BCUT2D eigenvalue weighted by molar-refractivity contribution is 5.92. The van der Waals surface area contributed by atoms with Gasteiger partial charge in [-0.05, 0) is 24.3 Å². The first-order valence-corrected chi connectivity index (χ1v) is 8.17. The highest BCUT2D eigenvalue weighted by Gasteiger charge is 2.26. The third-order valence-corrected chi connectivity index (χ3v) is 4.05. The van der Waals surface area contributed by atoms with Crippen LogP contribution in [0.5, 0.6) is 5.75 Å². The zero-order chi connectivity index (χ0) is 17.1. The molecule has 3 aromatic rings. The minimum absolute atomic E-state index is 0.0295. The molecule has 0 fully saturated rings. The quantitative estimate of drug-likeness (QED) is 0.722. The molecule has 0 saturated carbocycles. The monoisotopic (exact) mass is 338 g/mol. The summed E-state index contributed by atoms with van der Waals surface area (Å²) < 4.78 is 9.53. The van der Waals surface area contributed by atoms with Gasteiger partial charge in [-0.2, -0.15) is 10.2 Å². The Bertz CT molecular complexity index is 820. The highest BCUT2D eigenvalue weighted by atomic mass is 16.5. The van der Waals surface area contributed by atoms with Crippen molar-refractivity contribution in [3.63, 3.8) is 0 Å². The zero-order valence-electron chi connectivity index (χ0n) is 13.6. The van der Waals surface area contributed by atoms with Crippen LogP contribution in [0.4, 0.5) is 0 Å². The van der Waals surface area contributed by atoms with Crippen LogP contribution in [0.15, 0.2) is 49.1 Å².